The lowest BCUT2D eigenvalue weighted by molar-refractivity contribution is -0.116. The van der Waals surface area contributed by atoms with E-state index in [1.807, 2.05) is 31.5 Å². The van der Waals surface area contributed by atoms with Crippen molar-refractivity contribution < 1.29 is 20.1 Å². The van der Waals surface area contributed by atoms with Gasteiger partial charge in [-0.3, -0.25) is 4.79 Å². The third kappa shape index (κ3) is 2.01. The Hall–Kier alpha value is -3.09. The van der Waals surface area contributed by atoms with Crippen molar-refractivity contribution in [2.75, 3.05) is 0 Å². The number of aryl methyl sites for hydroxylation is 1. The van der Waals surface area contributed by atoms with Gasteiger partial charge in [0.15, 0.2) is 5.78 Å². The standard InChI is InChI=1S/C17H16N2O5/c1-7-4-10(8(2)19(7)3)13-16(22)15(17(13)23)14-11(18-24)5-9(20)6-12(14)21/h4-6,13,20-22H,1-3H3. The van der Waals surface area contributed by atoms with Gasteiger partial charge >= 0.3 is 0 Å². The highest BCUT2D eigenvalue weighted by atomic mass is 16.3. The number of nitroso groups, excluding NO2 is 1. The van der Waals surface area contributed by atoms with Crippen LogP contribution < -0.4 is 0 Å². The van der Waals surface area contributed by atoms with Crippen LogP contribution in [0.15, 0.2) is 29.1 Å². The van der Waals surface area contributed by atoms with E-state index in [-0.39, 0.29) is 28.3 Å². The van der Waals surface area contributed by atoms with E-state index in [4.69, 9.17) is 0 Å². The van der Waals surface area contributed by atoms with Gasteiger partial charge in [0, 0.05) is 30.6 Å². The van der Waals surface area contributed by atoms with Gasteiger partial charge in [-0.1, -0.05) is 0 Å². The lowest BCUT2D eigenvalue weighted by atomic mass is 9.74. The number of aliphatic hydroxyl groups excluding tert-OH is 1. The van der Waals surface area contributed by atoms with E-state index in [1.165, 1.54) is 0 Å². The van der Waals surface area contributed by atoms with E-state index in [0.717, 1.165) is 23.5 Å². The van der Waals surface area contributed by atoms with E-state index in [0.29, 0.717) is 5.56 Å². The fourth-order valence-electron chi connectivity index (χ4n) is 3.10. The summed E-state index contributed by atoms with van der Waals surface area (Å²) >= 11 is 0. The predicted octanol–water partition coefficient (Wildman–Crippen LogP) is 3.09. The number of hydrogen-bond acceptors (Lipinski definition) is 6. The van der Waals surface area contributed by atoms with E-state index < -0.39 is 17.5 Å². The monoisotopic (exact) mass is 328 g/mol. The third-order valence-electron chi connectivity index (χ3n) is 4.59. The number of carbonyl (C=O) groups excluding carboxylic acids is 1. The van der Waals surface area contributed by atoms with E-state index >= 15 is 0 Å². The number of rotatable bonds is 3. The zero-order valence-electron chi connectivity index (χ0n) is 13.4. The second kappa shape index (κ2) is 5.23. The summed E-state index contributed by atoms with van der Waals surface area (Å²) in [4.78, 5) is 23.6. The molecule has 3 N–H and O–H groups in total. The number of benzene rings is 1. The van der Waals surface area contributed by atoms with Gasteiger partial charge < -0.3 is 19.9 Å². The van der Waals surface area contributed by atoms with Crippen LogP contribution in [0.2, 0.25) is 0 Å². The molecule has 3 rings (SSSR count). The zero-order valence-corrected chi connectivity index (χ0v) is 13.4. The Bertz CT molecular complexity index is 924. The molecule has 1 atom stereocenters. The van der Waals surface area contributed by atoms with Crippen molar-refractivity contribution in [3.8, 4) is 11.5 Å². The first-order chi connectivity index (χ1) is 11.3. The van der Waals surface area contributed by atoms with Crippen molar-refractivity contribution in [2.45, 2.75) is 19.8 Å². The van der Waals surface area contributed by atoms with Crippen LogP contribution in [0.3, 0.4) is 0 Å². The maximum atomic E-state index is 12.6. The molecular weight excluding hydrogens is 312 g/mol. The molecule has 24 heavy (non-hydrogen) atoms. The van der Waals surface area contributed by atoms with E-state index in [1.54, 1.807) is 0 Å². The van der Waals surface area contributed by atoms with Crippen LogP contribution in [0.1, 0.15) is 28.4 Å². The zero-order chi connectivity index (χ0) is 17.8. The first-order valence-corrected chi connectivity index (χ1v) is 7.27. The molecule has 0 aliphatic heterocycles. The summed E-state index contributed by atoms with van der Waals surface area (Å²) in [5.74, 6) is -2.30. The quantitative estimate of drug-likeness (QED) is 0.750. The number of carbonyl (C=O) groups is 1. The Kier molecular flexibility index (Phi) is 3.44. The van der Waals surface area contributed by atoms with E-state index in [9.17, 15) is 25.0 Å². The number of allylic oxidation sites excluding steroid dienone is 2. The van der Waals surface area contributed by atoms with Gasteiger partial charge in [0.25, 0.3) is 0 Å². The summed E-state index contributed by atoms with van der Waals surface area (Å²) < 4.78 is 1.91. The maximum absolute atomic E-state index is 12.6. The number of phenols is 2. The summed E-state index contributed by atoms with van der Waals surface area (Å²) in [5.41, 5.74) is 1.86. The maximum Gasteiger partial charge on any atom is 0.182 e. The lowest BCUT2D eigenvalue weighted by Gasteiger charge is -2.29. The first-order valence-electron chi connectivity index (χ1n) is 7.27. The Morgan fingerprint density at radius 1 is 1.12 bits per heavy atom. The molecule has 0 spiro atoms. The minimum Gasteiger partial charge on any atom is -0.510 e. The second-order valence-corrected chi connectivity index (χ2v) is 5.89. The molecule has 1 unspecified atom stereocenters. The van der Waals surface area contributed by atoms with Gasteiger partial charge in [-0.15, -0.1) is 4.91 Å². The molecule has 1 heterocycles. The number of hydrogen-bond donors (Lipinski definition) is 3. The highest BCUT2D eigenvalue weighted by Gasteiger charge is 2.44. The molecule has 7 heteroatoms. The van der Waals surface area contributed by atoms with Crippen molar-refractivity contribution in [1.82, 2.24) is 4.57 Å². The topological polar surface area (TPSA) is 112 Å². The number of aromatic hydroxyl groups is 2. The van der Waals surface area contributed by atoms with E-state index in [2.05, 4.69) is 5.18 Å². The van der Waals surface area contributed by atoms with Gasteiger partial charge in [0.1, 0.15) is 28.9 Å². The van der Waals surface area contributed by atoms with Gasteiger partial charge in [-0.05, 0) is 30.7 Å². The normalized spacial score (nSPS) is 17.1. The van der Waals surface area contributed by atoms with Crippen molar-refractivity contribution in [3.63, 3.8) is 0 Å². The summed E-state index contributed by atoms with van der Waals surface area (Å²) in [6.07, 6.45) is 0. The average Bonchev–Trinajstić information content (AvgIpc) is 2.77. The van der Waals surface area contributed by atoms with Crippen LogP contribution in [0.5, 0.6) is 11.5 Å². The second-order valence-electron chi connectivity index (χ2n) is 5.89. The molecule has 1 aromatic heterocycles. The molecule has 1 aliphatic carbocycles. The fourth-order valence-corrected chi connectivity index (χ4v) is 3.10. The van der Waals surface area contributed by atoms with Crippen LogP contribution >= 0.6 is 0 Å². The van der Waals surface area contributed by atoms with Crippen LogP contribution in [0, 0.1) is 18.8 Å². The average molecular weight is 328 g/mol. The lowest BCUT2D eigenvalue weighted by Crippen LogP contribution is -2.29. The predicted molar refractivity (Wildman–Crippen MR) is 87.4 cm³/mol. The van der Waals surface area contributed by atoms with Crippen LogP contribution in [-0.2, 0) is 11.8 Å². The molecule has 0 saturated carbocycles. The minimum absolute atomic E-state index is 0.145. The molecule has 7 nitrogen and oxygen atoms in total. The number of Topliss-reactive ketones (excluding diaryl/α,β-unsaturated/α-hetero) is 1. The molecule has 1 aliphatic rings. The number of aliphatic hydroxyl groups is 1. The number of ketones is 1. The Balaban J connectivity index is 2.16. The summed E-state index contributed by atoms with van der Waals surface area (Å²) in [6, 6.07) is 3.84. The Morgan fingerprint density at radius 2 is 1.79 bits per heavy atom. The van der Waals surface area contributed by atoms with Gasteiger partial charge in [-0.2, -0.15) is 0 Å². The molecule has 0 bridgehead atoms. The van der Waals surface area contributed by atoms with Crippen LogP contribution in [-0.4, -0.2) is 25.7 Å². The van der Waals surface area contributed by atoms with Gasteiger partial charge in [0.2, 0.25) is 0 Å². The van der Waals surface area contributed by atoms with Gasteiger partial charge in [0.05, 0.1) is 11.1 Å². The van der Waals surface area contributed by atoms with Crippen molar-refractivity contribution >= 4 is 17.0 Å². The van der Waals surface area contributed by atoms with Crippen LogP contribution in [0.4, 0.5) is 5.69 Å². The summed E-state index contributed by atoms with van der Waals surface area (Å²) in [5, 5.41) is 32.5. The Morgan fingerprint density at radius 3 is 2.29 bits per heavy atom. The molecule has 1 aromatic carbocycles. The van der Waals surface area contributed by atoms with Crippen molar-refractivity contribution in [1.29, 1.82) is 0 Å². The summed E-state index contributed by atoms with van der Waals surface area (Å²) in [6.45, 7) is 3.73. The van der Waals surface area contributed by atoms with Crippen molar-refractivity contribution in [3.05, 3.63) is 51.4 Å². The number of aromatic nitrogens is 1. The molecule has 0 fully saturated rings. The molecule has 124 valence electrons. The fraction of sp³-hybridized carbons (Fsp3) is 0.235. The highest BCUT2D eigenvalue weighted by molar-refractivity contribution is 6.33. The first kappa shape index (κ1) is 15.8. The van der Waals surface area contributed by atoms with Crippen molar-refractivity contribution in [2.24, 2.45) is 12.2 Å². The number of phenolic OH excluding ortho intramolecular Hbond substituents is 2. The molecule has 2 aromatic rings. The summed E-state index contributed by atoms with van der Waals surface area (Å²) in [7, 11) is 1.86. The Labute approximate surface area is 137 Å². The number of nitrogens with zero attached hydrogens (tertiary/aromatic N) is 2. The third-order valence-corrected chi connectivity index (χ3v) is 4.59. The smallest absolute Gasteiger partial charge is 0.182 e. The minimum atomic E-state index is -0.826. The van der Waals surface area contributed by atoms with Crippen LogP contribution in [0.25, 0.3) is 5.57 Å². The highest BCUT2D eigenvalue weighted by Crippen LogP contribution is 2.49. The van der Waals surface area contributed by atoms with Gasteiger partial charge in [-0.25, -0.2) is 0 Å². The molecule has 0 saturated heterocycles. The largest absolute Gasteiger partial charge is 0.510 e. The molecule has 0 amide bonds. The molecular formula is C17H16N2O5. The SMILES string of the molecule is Cc1cc(C2C(=O)C(c3c(O)cc(O)cc3N=O)=C2O)c(C)n1C. The molecule has 0 radical (unpaired) electrons.